The van der Waals surface area contributed by atoms with Gasteiger partial charge in [-0.1, -0.05) is 31.4 Å². The van der Waals surface area contributed by atoms with Crippen LogP contribution in [0.25, 0.3) is 10.9 Å². The molecule has 8 nitrogen and oxygen atoms in total. The summed E-state index contributed by atoms with van der Waals surface area (Å²) >= 11 is 1.97. The van der Waals surface area contributed by atoms with Crippen LogP contribution in [0, 0.1) is 11.8 Å². The first-order valence-electron chi connectivity index (χ1n) is 13.9. The molecule has 1 aromatic carbocycles. The molecule has 0 atom stereocenters. The lowest BCUT2D eigenvalue weighted by Gasteiger charge is -2.25. The molecule has 40 heavy (non-hydrogen) atoms. The zero-order valence-electron chi connectivity index (χ0n) is 24.7. The Kier molecular flexibility index (Phi) is 11.2. The number of fused-ring (bicyclic) bond motifs is 1. The highest BCUT2D eigenvalue weighted by atomic mass is 32.2. The van der Waals surface area contributed by atoms with Gasteiger partial charge >= 0.3 is 0 Å². The molecule has 0 unspecified atom stereocenters. The molecule has 2 aromatic rings. The minimum atomic E-state index is -0.517. The van der Waals surface area contributed by atoms with Crippen molar-refractivity contribution < 1.29 is 14.3 Å². The fraction of sp³-hybridized carbons (Fsp3) is 0.484. The van der Waals surface area contributed by atoms with Gasteiger partial charge in [-0.25, -0.2) is 0 Å². The number of carbonyl (C=O) groups is 2. The van der Waals surface area contributed by atoms with Crippen molar-refractivity contribution in [3.05, 3.63) is 41.2 Å². The standard InChI is InChI=1S/C29H35N5O3S.C2H6/c1-19-9-10-21(16-19)30-28-22-17-24(31-26(36)8-6-7-11-34-12-14-38-15-13-34)25(37-29(3,4)5)18-23(22)32-33-27(28)20(2)35;1-2/h9-10,17-18H,7,11-16H2,1-5H3,(H,30,32)(H,31,36);1-2H3. The number of hydrogen-bond acceptors (Lipinski definition) is 8. The summed E-state index contributed by atoms with van der Waals surface area (Å²) in [7, 11) is 0. The van der Waals surface area contributed by atoms with Crippen LogP contribution in [0.15, 0.2) is 35.6 Å². The number of ether oxygens (including phenoxy) is 1. The van der Waals surface area contributed by atoms with E-state index >= 15 is 0 Å². The van der Waals surface area contributed by atoms with Crippen LogP contribution in [0.5, 0.6) is 5.75 Å². The summed E-state index contributed by atoms with van der Waals surface area (Å²) in [5.74, 6) is 7.84. The molecular formula is C31H41N5O3S. The van der Waals surface area contributed by atoms with Crippen LogP contribution in [0.2, 0.25) is 0 Å². The predicted octanol–water partition coefficient (Wildman–Crippen LogP) is 6.06. The average Bonchev–Trinajstić information content (AvgIpc) is 3.32. The summed E-state index contributed by atoms with van der Waals surface area (Å²) < 4.78 is 6.17. The second kappa shape index (κ2) is 14.3. The number of carbonyl (C=O) groups excluding carboxylic acids is 2. The third-order valence-corrected chi connectivity index (χ3v) is 6.98. The lowest BCUT2D eigenvalue weighted by Crippen LogP contribution is -2.33. The highest BCUT2D eigenvalue weighted by Crippen LogP contribution is 2.37. The Balaban J connectivity index is 0.00000216. The summed E-state index contributed by atoms with van der Waals surface area (Å²) in [6.45, 7) is 16.3. The average molecular weight is 564 g/mol. The number of amides is 1. The molecule has 2 N–H and O–H groups in total. The van der Waals surface area contributed by atoms with E-state index in [1.165, 1.54) is 12.5 Å². The van der Waals surface area contributed by atoms with Crippen molar-refractivity contribution >= 4 is 45.7 Å². The second-order valence-corrected chi connectivity index (χ2v) is 11.8. The van der Waals surface area contributed by atoms with E-state index in [-0.39, 0.29) is 11.5 Å². The van der Waals surface area contributed by atoms with Gasteiger partial charge in [-0.05, 0) is 45.8 Å². The van der Waals surface area contributed by atoms with E-state index in [9.17, 15) is 9.59 Å². The monoisotopic (exact) mass is 563 g/mol. The van der Waals surface area contributed by atoms with Gasteiger partial charge in [0.1, 0.15) is 11.4 Å². The first-order chi connectivity index (χ1) is 19.1. The molecule has 1 aromatic heterocycles. The molecule has 1 aliphatic heterocycles. The van der Waals surface area contributed by atoms with Gasteiger partial charge in [0.2, 0.25) is 0 Å². The topological polar surface area (TPSA) is 96.5 Å². The number of hydrogen-bond donors (Lipinski definition) is 2. The van der Waals surface area contributed by atoms with E-state index < -0.39 is 11.5 Å². The third kappa shape index (κ3) is 8.83. The molecular weight excluding hydrogens is 522 g/mol. The summed E-state index contributed by atoms with van der Waals surface area (Å²) in [5, 5.41) is 15.4. The Morgan fingerprint density at radius 3 is 2.48 bits per heavy atom. The maximum atomic E-state index is 12.8. The Morgan fingerprint density at radius 2 is 1.85 bits per heavy atom. The van der Waals surface area contributed by atoms with Crippen molar-refractivity contribution in [2.75, 3.05) is 41.8 Å². The summed E-state index contributed by atoms with van der Waals surface area (Å²) in [4.78, 5) is 27.6. The van der Waals surface area contributed by atoms with Crippen molar-refractivity contribution in [3.8, 4) is 17.6 Å². The zero-order valence-corrected chi connectivity index (χ0v) is 25.6. The smallest absolute Gasteiger partial charge is 0.300 e. The summed E-state index contributed by atoms with van der Waals surface area (Å²) in [6.07, 6.45) is 5.41. The molecule has 1 aliphatic carbocycles. The van der Waals surface area contributed by atoms with Crippen LogP contribution in [0.3, 0.4) is 0 Å². The number of benzene rings is 1. The van der Waals surface area contributed by atoms with Crippen LogP contribution in [0.1, 0.15) is 71.8 Å². The van der Waals surface area contributed by atoms with Gasteiger partial charge < -0.3 is 20.3 Å². The van der Waals surface area contributed by atoms with Gasteiger partial charge in [-0.2, -0.15) is 11.8 Å². The van der Waals surface area contributed by atoms with E-state index in [4.69, 9.17) is 4.74 Å². The minimum absolute atomic E-state index is 0.205. The maximum absolute atomic E-state index is 12.8. The Labute approximate surface area is 242 Å². The number of rotatable bonds is 7. The maximum Gasteiger partial charge on any atom is 0.300 e. The minimum Gasteiger partial charge on any atom is -0.486 e. The van der Waals surface area contributed by atoms with Crippen LogP contribution < -0.4 is 15.4 Å². The van der Waals surface area contributed by atoms with Gasteiger partial charge in [0.15, 0.2) is 11.5 Å². The number of thioether (sulfide) groups is 1. The Bertz CT molecular complexity index is 1360. The molecule has 0 radical (unpaired) electrons. The fourth-order valence-electron chi connectivity index (χ4n) is 4.26. The molecule has 2 aliphatic rings. The van der Waals surface area contributed by atoms with Crippen molar-refractivity contribution in [2.24, 2.45) is 0 Å². The summed E-state index contributed by atoms with van der Waals surface area (Å²) in [6, 6.07) is 3.52. The highest BCUT2D eigenvalue weighted by Gasteiger charge is 2.22. The third-order valence-electron chi connectivity index (χ3n) is 6.04. The normalized spacial score (nSPS) is 15.2. The molecule has 1 saturated heterocycles. The van der Waals surface area contributed by atoms with Gasteiger partial charge in [-0.15, -0.1) is 10.2 Å². The second-order valence-electron chi connectivity index (χ2n) is 10.5. The van der Waals surface area contributed by atoms with Gasteiger partial charge in [0, 0.05) is 68.1 Å². The molecule has 0 spiro atoms. The number of aromatic nitrogens is 2. The predicted molar refractivity (Wildman–Crippen MR) is 166 cm³/mol. The SMILES string of the molecule is CC.CC(=O)c1nnc2cc(OC(C)(C)C)c(NC(=O)C#CCCN3CCSCC3)cc2c1NC1=CC=C(C)C1. The molecule has 1 fully saturated rings. The number of ketones is 1. The molecule has 214 valence electrons. The van der Waals surface area contributed by atoms with Crippen LogP contribution in [-0.2, 0) is 4.79 Å². The highest BCUT2D eigenvalue weighted by molar-refractivity contribution is 7.99. The lowest BCUT2D eigenvalue weighted by atomic mass is 10.1. The van der Waals surface area contributed by atoms with Gasteiger partial charge in [-0.3, -0.25) is 9.59 Å². The summed E-state index contributed by atoms with van der Waals surface area (Å²) in [5.41, 5.74) is 3.45. The van der Waals surface area contributed by atoms with Crippen molar-refractivity contribution in [1.29, 1.82) is 0 Å². The number of nitrogens with one attached hydrogen (secondary N) is 2. The molecule has 2 heterocycles. The Hall–Kier alpha value is -3.35. The number of anilines is 2. The first kappa shape index (κ1) is 31.2. The van der Waals surface area contributed by atoms with Gasteiger partial charge in [0.05, 0.1) is 16.9 Å². The van der Waals surface area contributed by atoms with Crippen molar-refractivity contribution in [1.82, 2.24) is 15.1 Å². The van der Waals surface area contributed by atoms with E-state index in [0.717, 1.165) is 43.3 Å². The van der Waals surface area contributed by atoms with Crippen molar-refractivity contribution in [2.45, 2.75) is 66.9 Å². The van der Waals surface area contributed by atoms with E-state index in [1.54, 1.807) is 12.1 Å². The van der Waals surface area contributed by atoms with Gasteiger partial charge in [0.25, 0.3) is 5.91 Å². The number of allylic oxidation sites excluding steroid dienone is 3. The lowest BCUT2D eigenvalue weighted by molar-refractivity contribution is -0.111. The fourth-order valence-corrected chi connectivity index (χ4v) is 5.24. The molecule has 1 amide bonds. The molecule has 0 saturated carbocycles. The molecule has 0 bridgehead atoms. The van der Waals surface area contributed by atoms with Crippen molar-refractivity contribution in [3.63, 3.8) is 0 Å². The molecule has 9 heteroatoms. The van der Waals surface area contributed by atoms with Crippen LogP contribution in [-0.4, -0.2) is 63.5 Å². The van der Waals surface area contributed by atoms with Crippen LogP contribution >= 0.6 is 11.8 Å². The first-order valence-corrected chi connectivity index (χ1v) is 15.0. The Morgan fingerprint density at radius 1 is 1.12 bits per heavy atom. The zero-order chi connectivity index (χ0) is 29.3. The quantitative estimate of drug-likeness (QED) is 0.310. The van der Waals surface area contributed by atoms with E-state index in [2.05, 4.69) is 44.5 Å². The van der Waals surface area contributed by atoms with Crippen LogP contribution in [0.4, 0.5) is 11.4 Å². The molecule has 4 rings (SSSR count). The number of nitrogens with zero attached hydrogens (tertiary/aromatic N) is 3. The van der Waals surface area contributed by atoms with E-state index in [1.807, 2.05) is 58.5 Å². The number of Topliss-reactive ketones (excluding diaryl/α,β-unsaturated/α-hetero) is 1. The largest absolute Gasteiger partial charge is 0.486 e. The van der Waals surface area contributed by atoms with E-state index in [0.29, 0.717) is 34.4 Å².